The van der Waals surface area contributed by atoms with Gasteiger partial charge in [0.1, 0.15) is 5.82 Å². The number of rotatable bonds is 7. The average molecular weight is 375 g/mol. The van der Waals surface area contributed by atoms with Crippen molar-refractivity contribution in [1.29, 1.82) is 0 Å². The van der Waals surface area contributed by atoms with E-state index < -0.39 is 0 Å². The molecule has 1 unspecified atom stereocenters. The molecule has 2 aliphatic rings. The highest BCUT2D eigenvalue weighted by atomic mass is 32.2. The quantitative estimate of drug-likeness (QED) is 0.740. The van der Waals surface area contributed by atoms with Gasteiger partial charge in [-0.05, 0) is 37.4 Å². The highest BCUT2D eigenvalue weighted by molar-refractivity contribution is 7.99. The Balaban J connectivity index is 1.36. The maximum Gasteiger partial charge on any atom is 0.232 e. The lowest BCUT2D eigenvalue weighted by Crippen LogP contribution is -2.40. The van der Waals surface area contributed by atoms with Gasteiger partial charge in [-0.1, -0.05) is 0 Å². The van der Waals surface area contributed by atoms with Crippen molar-refractivity contribution in [2.75, 3.05) is 24.6 Å². The Morgan fingerprint density at radius 1 is 1.31 bits per heavy atom. The third-order valence-corrected chi connectivity index (χ3v) is 6.46. The molecule has 2 aromatic heterocycles. The molecule has 0 spiro atoms. The molecular formula is C18H26N6OS. The first-order chi connectivity index (χ1) is 12.7. The van der Waals surface area contributed by atoms with E-state index in [1.54, 1.807) is 24.3 Å². The molecule has 2 fully saturated rings. The molecule has 2 aromatic rings. The molecule has 1 atom stereocenters. The molecule has 3 heterocycles. The molecule has 8 heteroatoms. The first-order valence-electron chi connectivity index (χ1n) is 9.40. The van der Waals surface area contributed by atoms with Gasteiger partial charge in [0.2, 0.25) is 5.91 Å². The van der Waals surface area contributed by atoms with Gasteiger partial charge in [0.05, 0.1) is 18.6 Å². The second-order valence-corrected chi connectivity index (χ2v) is 8.44. The third-order valence-electron chi connectivity index (χ3n) is 5.30. The van der Waals surface area contributed by atoms with Crippen LogP contribution in [-0.4, -0.2) is 59.7 Å². The molecule has 0 radical (unpaired) electrons. The Kier molecular flexibility index (Phi) is 5.28. The van der Waals surface area contributed by atoms with Gasteiger partial charge in [0.25, 0.3) is 0 Å². The van der Waals surface area contributed by atoms with Crippen LogP contribution in [0.3, 0.4) is 0 Å². The number of imidazole rings is 1. The van der Waals surface area contributed by atoms with Crippen LogP contribution in [0.2, 0.25) is 0 Å². The molecule has 0 bridgehead atoms. The fourth-order valence-corrected chi connectivity index (χ4v) is 4.66. The van der Waals surface area contributed by atoms with Crippen molar-refractivity contribution in [2.45, 2.75) is 38.1 Å². The largest absolute Gasteiger partial charge is 0.341 e. The highest BCUT2D eigenvalue weighted by Gasteiger charge is 2.29. The van der Waals surface area contributed by atoms with Crippen molar-refractivity contribution < 1.29 is 4.79 Å². The van der Waals surface area contributed by atoms with E-state index in [1.807, 2.05) is 22.7 Å². The smallest absolute Gasteiger partial charge is 0.232 e. The summed E-state index contributed by atoms with van der Waals surface area (Å²) in [7, 11) is 2.02. The second kappa shape index (κ2) is 7.82. The molecule has 4 rings (SSSR count). The lowest BCUT2D eigenvalue weighted by Gasteiger charge is -2.32. The molecule has 1 saturated carbocycles. The summed E-state index contributed by atoms with van der Waals surface area (Å²) in [6.45, 7) is 2.30. The van der Waals surface area contributed by atoms with Crippen LogP contribution in [0.25, 0.3) is 0 Å². The molecule has 1 aliphatic carbocycles. The number of piperidine rings is 1. The van der Waals surface area contributed by atoms with Crippen molar-refractivity contribution in [1.82, 2.24) is 29.2 Å². The van der Waals surface area contributed by atoms with Crippen molar-refractivity contribution in [3.05, 3.63) is 30.4 Å². The van der Waals surface area contributed by atoms with Crippen LogP contribution in [0.1, 0.15) is 43.3 Å². The van der Waals surface area contributed by atoms with Crippen LogP contribution in [0.15, 0.2) is 18.7 Å². The van der Waals surface area contributed by atoms with Crippen LogP contribution in [0, 0.1) is 5.92 Å². The van der Waals surface area contributed by atoms with Crippen molar-refractivity contribution in [2.24, 2.45) is 13.0 Å². The summed E-state index contributed by atoms with van der Waals surface area (Å²) in [5.74, 6) is 5.09. The zero-order valence-electron chi connectivity index (χ0n) is 15.3. The minimum Gasteiger partial charge on any atom is -0.341 e. The summed E-state index contributed by atoms with van der Waals surface area (Å²) in [6.07, 6.45) is 10.3. The molecule has 0 aromatic carbocycles. The molecule has 1 saturated heterocycles. The number of carbonyl (C=O) groups is 1. The molecule has 7 nitrogen and oxygen atoms in total. The van der Waals surface area contributed by atoms with E-state index in [4.69, 9.17) is 0 Å². The number of thioether (sulfide) groups is 1. The van der Waals surface area contributed by atoms with Gasteiger partial charge in [-0.3, -0.25) is 4.79 Å². The van der Waals surface area contributed by atoms with E-state index in [0.29, 0.717) is 12.3 Å². The maximum atomic E-state index is 12.5. The number of amides is 1. The number of hydrogen-bond acceptors (Lipinski definition) is 5. The summed E-state index contributed by atoms with van der Waals surface area (Å²) in [4.78, 5) is 18.6. The summed E-state index contributed by atoms with van der Waals surface area (Å²) in [5, 5.41) is 8.81. The maximum absolute atomic E-state index is 12.5. The topological polar surface area (TPSA) is 68.8 Å². The highest BCUT2D eigenvalue weighted by Crippen LogP contribution is 2.32. The normalized spacial score (nSPS) is 20.5. The Morgan fingerprint density at radius 2 is 2.19 bits per heavy atom. The van der Waals surface area contributed by atoms with Gasteiger partial charge in [0, 0.05) is 38.4 Å². The predicted molar refractivity (Wildman–Crippen MR) is 101 cm³/mol. The molecule has 1 amide bonds. The standard InChI is InChI=1S/C18H26N6OS/c1-22-16(10-23-8-6-19-13-23)20-21-18(22)15-3-2-7-24(9-15)17(25)12-26-11-14-4-5-14/h6,8,13-15H,2-5,7,9-12H2,1H3. The van der Waals surface area contributed by atoms with Crippen LogP contribution < -0.4 is 0 Å². The number of carbonyl (C=O) groups excluding carboxylic acids is 1. The predicted octanol–water partition coefficient (Wildman–Crippen LogP) is 1.91. The number of nitrogens with zero attached hydrogens (tertiary/aromatic N) is 6. The summed E-state index contributed by atoms with van der Waals surface area (Å²) < 4.78 is 4.07. The van der Waals surface area contributed by atoms with Gasteiger partial charge in [0.15, 0.2) is 5.82 Å². The van der Waals surface area contributed by atoms with E-state index in [9.17, 15) is 4.79 Å². The van der Waals surface area contributed by atoms with Gasteiger partial charge in [-0.2, -0.15) is 11.8 Å². The van der Waals surface area contributed by atoms with Crippen molar-refractivity contribution in [3.8, 4) is 0 Å². The Labute approximate surface area is 158 Å². The monoisotopic (exact) mass is 374 g/mol. The van der Waals surface area contributed by atoms with Crippen molar-refractivity contribution in [3.63, 3.8) is 0 Å². The zero-order valence-corrected chi connectivity index (χ0v) is 16.1. The Hall–Kier alpha value is -1.83. The molecule has 1 aliphatic heterocycles. The molecule has 140 valence electrons. The van der Waals surface area contributed by atoms with Crippen LogP contribution in [0.5, 0.6) is 0 Å². The van der Waals surface area contributed by atoms with Crippen LogP contribution in [-0.2, 0) is 18.4 Å². The summed E-state index contributed by atoms with van der Waals surface area (Å²) in [5.41, 5.74) is 0. The fourth-order valence-electron chi connectivity index (χ4n) is 3.52. The minimum absolute atomic E-state index is 0.273. The van der Waals surface area contributed by atoms with Gasteiger partial charge >= 0.3 is 0 Å². The second-order valence-electron chi connectivity index (χ2n) is 7.41. The lowest BCUT2D eigenvalue weighted by molar-refractivity contribution is -0.129. The number of hydrogen-bond donors (Lipinski definition) is 0. The number of likely N-dealkylation sites (tertiary alicyclic amines) is 1. The Bertz CT molecular complexity index is 739. The minimum atomic E-state index is 0.273. The SMILES string of the molecule is Cn1c(Cn2ccnc2)nnc1C1CCCN(C(=O)CSCC2CC2)C1. The molecule has 26 heavy (non-hydrogen) atoms. The van der Waals surface area contributed by atoms with E-state index >= 15 is 0 Å². The average Bonchev–Trinajstić information content (AvgIpc) is 3.20. The lowest BCUT2D eigenvalue weighted by atomic mass is 9.97. The first-order valence-corrected chi connectivity index (χ1v) is 10.6. The third kappa shape index (κ3) is 4.11. The Morgan fingerprint density at radius 3 is 2.96 bits per heavy atom. The van der Waals surface area contributed by atoms with E-state index in [0.717, 1.165) is 49.3 Å². The summed E-state index contributed by atoms with van der Waals surface area (Å²) in [6, 6.07) is 0. The van der Waals surface area contributed by atoms with Crippen LogP contribution in [0.4, 0.5) is 0 Å². The molecular weight excluding hydrogens is 348 g/mol. The van der Waals surface area contributed by atoms with Crippen LogP contribution >= 0.6 is 11.8 Å². The zero-order chi connectivity index (χ0) is 17.9. The fraction of sp³-hybridized carbons (Fsp3) is 0.667. The first kappa shape index (κ1) is 17.6. The summed E-state index contributed by atoms with van der Waals surface area (Å²) >= 11 is 1.80. The van der Waals surface area contributed by atoms with Gasteiger partial charge < -0.3 is 14.0 Å². The van der Waals surface area contributed by atoms with E-state index in [2.05, 4.69) is 19.7 Å². The van der Waals surface area contributed by atoms with Gasteiger partial charge in [-0.15, -0.1) is 10.2 Å². The van der Waals surface area contributed by atoms with E-state index in [-0.39, 0.29) is 11.8 Å². The molecule has 0 N–H and O–H groups in total. The van der Waals surface area contributed by atoms with Crippen molar-refractivity contribution >= 4 is 17.7 Å². The van der Waals surface area contributed by atoms with Gasteiger partial charge in [-0.25, -0.2) is 4.98 Å². The number of aromatic nitrogens is 5. The van der Waals surface area contributed by atoms with E-state index in [1.165, 1.54) is 12.8 Å².